The third-order valence-corrected chi connectivity index (χ3v) is 6.07. The minimum Gasteiger partial charge on any atom is -0.477 e. The van der Waals surface area contributed by atoms with Crippen LogP contribution >= 0.6 is 0 Å². The molecule has 1 aliphatic carbocycles. The molecule has 0 radical (unpaired) electrons. The van der Waals surface area contributed by atoms with E-state index in [4.69, 9.17) is 10.00 Å². The van der Waals surface area contributed by atoms with Gasteiger partial charge in [-0.15, -0.1) is 0 Å². The number of rotatable bonds is 6. The Morgan fingerprint density at radius 3 is 2.62 bits per heavy atom. The zero-order valence-corrected chi connectivity index (χ0v) is 17.6. The third kappa shape index (κ3) is 4.14. The van der Waals surface area contributed by atoms with Crippen molar-refractivity contribution in [3.63, 3.8) is 0 Å². The Morgan fingerprint density at radius 1 is 1.16 bits per heavy atom. The summed E-state index contributed by atoms with van der Waals surface area (Å²) >= 11 is 0. The summed E-state index contributed by atoms with van der Waals surface area (Å²) in [5.41, 5.74) is 1.94. The first-order valence-electron chi connectivity index (χ1n) is 10.9. The van der Waals surface area contributed by atoms with Crippen molar-refractivity contribution >= 4 is 0 Å². The predicted octanol–water partition coefficient (Wildman–Crippen LogP) is 3.78. The lowest BCUT2D eigenvalue weighted by molar-refractivity contribution is 0.250. The van der Waals surface area contributed by atoms with Gasteiger partial charge in [-0.2, -0.15) is 10.2 Å². The van der Waals surface area contributed by atoms with E-state index in [2.05, 4.69) is 10.3 Å². The Morgan fingerprint density at radius 2 is 1.97 bits per heavy atom. The van der Waals surface area contributed by atoms with E-state index in [0.29, 0.717) is 29.7 Å². The fourth-order valence-corrected chi connectivity index (χ4v) is 4.10. The fourth-order valence-electron chi connectivity index (χ4n) is 4.10. The van der Waals surface area contributed by atoms with Crippen molar-refractivity contribution < 1.29 is 9.13 Å². The Balaban J connectivity index is 1.56. The molecule has 1 N–H and O–H groups in total. The lowest BCUT2D eigenvalue weighted by Crippen LogP contribution is -2.23. The average molecular weight is 430 g/mol. The second kappa shape index (κ2) is 8.56. The zero-order valence-electron chi connectivity index (χ0n) is 17.6. The molecule has 3 aromatic rings. The first kappa shape index (κ1) is 20.4. The monoisotopic (exact) mass is 430 g/mol. The molecular weight excluding hydrogens is 407 g/mol. The third-order valence-electron chi connectivity index (χ3n) is 6.07. The van der Waals surface area contributed by atoms with Crippen LogP contribution in [0.4, 0.5) is 4.39 Å². The molecule has 0 unspecified atom stereocenters. The standard InChI is InChI=1S/C25H23FN4O2/c26-22-11-19(3-4-20(22)13-27)25-29-23(32-15-16-9-10-28-14-16)12-24(31)30(25)21-7-5-18(6-8-21)17-1-2-17/h3-8,11-12,16-17,28H,1-2,9-10,14-15H2/t16-/m1/s1. The van der Waals surface area contributed by atoms with Gasteiger partial charge in [-0.25, -0.2) is 4.39 Å². The van der Waals surface area contributed by atoms with Gasteiger partial charge in [-0.05, 0) is 67.6 Å². The van der Waals surface area contributed by atoms with Crippen LogP contribution in [0.2, 0.25) is 0 Å². The summed E-state index contributed by atoms with van der Waals surface area (Å²) < 4.78 is 21.7. The summed E-state index contributed by atoms with van der Waals surface area (Å²) in [6.45, 7) is 2.29. The van der Waals surface area contributed by atoms with Crippen molar-refractivity contribution in [1.82, 2.24) is 14.9 Å². The molecule has 0 bridgehead atoms. The summed E-state index contributed by atoms with van der Waals surface area (Å²) in [6.07, 6.45) is 3.40. The summed E-state index contributed by atoms with van der Waals surface area (Å²) in [4.78, 5) is 17.7. The molecule has 0 spiro atoms. The molecule has 2 aromatic carbocycles. The minimum absolute atomic E-state index is 0.0578. The Kier molecular flexibility index (Phi) is 5.46. The first-order valence-corrected chi connectivity index (χ1v) is 10.9. The van der Waals surface area contributed by atoms with Crippen LogP contribution in [0.5, 0.6) is 5.88 Å². The van der Waals surface area contributed by atoms with E-state index in [9.17, 15) is 9.18 Å². The fraction of sp³-hybridized carbons (Fsp3) is 0.320. The number of benzene rings is 2. The molecule has 1 aliphatic heterocycles. The highest BCUT2D eigenvalue weighted by Crippen LogP contribution is 2.40. The lowest BCUT2D eigenvalue weighted by Gasteiger charge is -2.16. The van der Waals surface area contributed by atoms with E-state index in [1.165, 1.54) is 41.2 Å². The van der Waals surface area contributed by atoms with Crippen LogP contribution in [0.25, 0.3) is 17.1 Å². The van der Waals surface area contributed by atoms with Crippen molar-refractivity contribution in [2.45, 2.75) is 25.2 Å². The normalized spacial score (nSPS) is 17.8. The van der Waals surface area contributed by atoms with Crippen LogP contribution in [0, 0.1) is 23.1 Å². The van der Waals surface area contributed by atoms with E-state index >= 15 is 0 Å². The van der Waals surface area contributed by atoms with Gasteiger partial charge in [0.2, 0.25) is 5.88 Å². The van der Waals surface area contributed by atoms with Gasteiger partial charge in [0.05, 0.1) is 23.9 Å². The summed E-state index contributed by atoms with van der Waals surface area (Å²) in [5.74, 6) is 0.808. The molecule has 2 fully saturated rings. The van der Waals surface area contributed by atoms with Crippen molar-refractivity contribution in [3.05, 3.63) is 75.8 Å². The van der Waals surface area contributed by atoms with E-state index in [1.807, 2.05) is 30.3 Å². The molecular formula is C25H23FN4O2. The van der Waals surface area contributed by atoms with E-state index < -0.39 is 5.82 Å². The molecule has 7 heteroatoms. The van der Waals surface area contributed by atoms with Gasteiger partial charge >= 0.3 is 0 Å². The number of aromatic nitrogens is 2. The van der Waals surface area contributed by atoms with Gasteiger partial charge in [-0.1, -0.05) is 12.1 Å². The van der Waals surface area contributed by atoms with Crippen LogP contribution in [0.1, 0.15) is 36.3 Å². The van der Waals surface area contributed by atoms with Crippen LogP contribution in [0.3, 0.4) is 0 Å². The molecule has 1 saturated carbocycles. The maximum Gasteiger partial charge on any atom is 0.262 e. The van der Waals surface area contributed by atoms with Crippen molar-refractivity contribution in [2.75, 3.05) is 19.7 Å². The highest BCUT2D eigenvalue weighted by atomic mass is 19.1. The predicted molar refractivity (Wildman–Crippen MR) is 118 cm³/mol. The number of nitrogens with zero attached hydrogens (tertiary/aromatic N) is 3. The van der Waals surface area contributed by atoms with Gasteiger partial charge in [0.25, 0.3) is 5.56 Å². The molecule has 1 aromatic heterocycles. The van der Waals surface area contributed by atoms with E-state index in [1.54, 1.807) is 6.07 Å². The number of nitrogens with one attached hydrogen (secondary N) is 1. The smallest absolute Gasteiger partial charge is 0.262 e. The van der Waals surface area contributed by atoms with Crippen molar-refractivity contribution in [1.29, 1.82) is 5.26 Å². The van der Waals surface area contributed by atoms with E-state index in [0.717, 1.165) is 19.5 Å². The second-order valence-corrected chi connectivity index (χ2v) is 8.43. The molecule has 0 amide bonds. The maximum absolute atomic E-state index is 14.4. The number of hydrogen-bond donors (Lipinski definition) is 1. The Bertz CT molecular complexity index is 1240. The molecule has 2 heterocycles. The van der Waals surface area contributed by atoms with Gasteiger partial charge in [0, 0.05) is 18.0 Å². The zero-order chi connectivity index (χ0) is 22.1. The van der Waals surface area contributed by atoms with Crippen LogP contribution in [0.15, 0.2) is 53.3 Å². The molecule has 6 nitrogen and oxygen atoms in total. The lowest BCUT2D eigenvalue weighted by atomic mass is 10.1. The Hall–Kier alpha value is -3.50. The minimum atomic E-state index is -0.654. The van der Waals surface area contributed by atoms with Gasteiger partial charge < -0.3 is 10.1 Å². The SMILES string of the molecule is N#Cc1ccc(-c2nc(OC[C@@H]3CCNC3)cc(=O)n2-c2ccc(C3CC3)cc2)cc1F. The quantitative estimate of drug-likeness (QED) is 0.644. The highest BCUT2D eigenvalue weighted by Gasteiger charge is 2.23. The summed E-state index contributed by atoms with van der Waals surface area (Å²) in [7, 11) is 0. The summed E-state index contributed by atoms with van der Waals surface area (Å²) in [5, 5.41) is 12.4. The molecule has 2 aliphatic rings. The molecule has 162 valence electrons. The summed E-state index contributed by atoms with van der Waals surface area (Å²) in [6, 6.07) is 15.3. The molecule has 32 heavy (non-hydrogen) atoms. The highest BCUT2D eigenvalue weighted by molar-refractivity contribution is 5.61. The average Bonchev–Trinajstić information content (AvgIpc) is 3.52. The van der Waals surface area contributed by atoms with E-state index in [-0.39, 0.29) is 22.8 Å². The Labute approximate surface area is 185 Å². The van der Waals surface area contributed by atoms with Crippen LogP contribution in [-0.4, -0.2) is 29.2 Å². The van der Waals surface area contributed by atoms with Crippen LogP contribution < -0.4 is 15.6 Å². The van der Waals surface area contributed by atoms with Gasteiger partial charge in [0.1, 0.15) is 11.9 Å². The van der Waals surface area contributed by atoms with Gasteiger partial charge in [-0.3, -0.25) is 9.36 Å². The number of hydrogen-bond acceptors (Lipinski definition) is 5. The molecule has 1 saturated heterocycles. The largest absolute Gasteiger partial charge is 0.477 e. The number of nitriles is 1. The van der Waals surface area contributed by atoms with Crippen molar-refractivity contribution in [2.24, 2.45) is 5.92 Å². The first-order chi connectivity index (χ1) is 15.6. The number of ether oxygens (including phenoxy) is 1. The topological polar surface area (TPSA) is 79.9 Å². The molecule has 1 atom stereocenters. The van der Waals surface area contributed by atoms with Crippen LogP contribution in [-0.2, 0) is 0 Å². The molecule has 5 rings (SSSR count). The second-order valence-electron chi connectivity index (χ2n) is 8.43. The maximum atomic E-state index is 14.4. The van der Waals surface area contributed by atoms with Crippen molar-refractivity contribution in [3.8, 4) is 29.0 Å². The number of halogens is 1. The van der Waals surface area contributed by atoms with Gasteiger partial charge in [0.15, 0.2) is 5.82 Å².